The molecular weight excluding hydrogens is 474 g/mol. The highest BCUT2D eigenvalue weighted by molar-refractivity contribution is 7.92. The highest BCUT2D eigenvalue weighted by Crippen LogP contribution is 2.35. The summed E-state index contributed by atoms with van der Waals surface area (Å²) in [5.74, 6) is -0.286. The number of sulfone groups is 1. The monoisotopic (exact) mass is 505 g/mol. The van der Waals surface area contributed by atoms with Gasteiger partial charge in [-0.1, -0.05) is 42.7 Å². The maximum absolute atomic E-state index is 13.4. The summed E-state index contributed by atoms with van der Waals surface area (Å²) in [4.78, 5) is 20.3. The van der Waals surface area contributed by atoms with Gasteiger partial charge in [-0.05, 0) is 43.4 Å². The van der Waals surface area contributed by atoms with Crippen molar-refractivity contribution in [1.82, 2.24) is 4.98 Å². The van der Waals surface area contributed by atoms with Crippen LogP contribution in [0, 0.1) is 0 Å². The molecule has 5 rings (SSSR count). The standard InChI is InChI=1S/C24H31N3O5S2/c28-23(26-24-25-16-21(33-24)27-12-14-31-15-13-27)22(32-18-4-2-1-3-5-18)17-6-8-19(9-7-17)34(29,30)20-10-11-20/h6-9,16,18,20,22H,1-5,10-15H2,(H,25,26,28). The number of nitrogens with zero attached hydrogens (tertiary/aromatic N) is 2. The van der Waals surface area contributed by atoms with Crippen LogP contribution in [0.4, 0.5) is 10.1 Å². The summed E-state index contributed by atoms with van der Waals surface area (Å²) in [7, 11) is -3.28. The minimum atomic E-state index is -3.28. The zero-order valence-corrected chi connectivity index (χ0v) is 20.8. The molecule has 1 saturated heterocycles. The molecule has 2 aromatic rings. The molecule has 1 N–H and O–H groups in total. The van der Waals surface area contributed by atoms with E-state index in [2.05, 4.69) is 15.2 Å². The van der Waals surface area contributed by atoms with Crippen LogP contribution in [-0.2, 0) is 24.1 Å². The molecule has 3 aliphatic rings. The van der Waals surface area contributed by atoms with Crippen LogP contribution in [0.1, 0.15) is 56.6 Å². The van der Waals surface area contributed by atoms with Gasteiger partial charge in [0.15, 0.2) is 21.1 Å². The molecule has 34 heavy (non-hydrogen) atoms. The van der Waals surface area contributed by atoms with E-state index in [-0.39, 0.29) is 17.3 Å². The number of ether oxygens (including phenoxy) is 2. The minimum absolute atomic E-state index is 0.0135. The number of benzene rings is 1. The van der Waals surface area contributed by atoms with Crippen molar-refractivity contribution in [2.45, 2.75) is 67.3 Å². The van der Waals surface area contributed by atoms with Crippen molar-refractivity contribution in [3.63, 3.8) is 0 Å². The van der Waals surface area contributed by atoms with E-state index < -0.39 is 15.9 Å². The average molecular weight is 506 g/mol. The lowest BCUT2D eigenvalue weighted by Crippen LogP contribution is -2.35. The summed E-state index contributed by atoms with van der Waals surface area (Å²) in [6.45, 7) is 2.98. The van der Waals surface area contributed by atoms with Crippen molar-refractivity contribution in [3.8, 4) is 0 Å². The molecule has 1 aromatic heterocycles. The number of carbonyl (C=O) groups excluding carboxylic acids is 1. The van der Waals surface area contributed by atoms with E-state index in [0.717, 1.165) is 56.6 Å². The number of rotatable bonds is 8. The summed E-state index contributed by atoms with van der Waals surface area (Å²) >= 11 is 1.43. The van der Waals surface area contributed by atoms with Gasteiger partial charge in [0, 0.05) is 13.1 Å². The third-order valence-corrected chi connectivity index (χ3v) is 9.89. The second-order valence-electron chi connectivity index (χ2n) is 9.18. The largest absolute Gasteiger partial charge is 0.378 e. The number of thiazole rings is 1. The summed E-state index contributed by atoms with van der Waals surface area (Å²) in [5, 5.41) is 4.19. The smallest absolute Gasteiger partial charge is 0.259 e. The Morgan fingerprint density at radius 3 is 2.47 bits per heavy atom. The van der Waals surface area contributed by atoms with Gasteiger partial charge in [-0.25, -0.2) is 13.4 Å². The van der Waals surface area contributed by atoms with E-state index in [9.17, 15) is 13.2 Å². The number of morpholine rings is 1. The number of carbonyl (C=O) groups is 1. The third-order valence-electron chi connectivity index (χ3n) is 6.64. The van der Waals surface area contributed by atoms with Gasteiger partial charge in [0.05, 0.1) is 35.7 Å². The molecule has 3 fully saturated rings. The molecule has 10 heteroatoms. The van der Waals surface area contributed by atoms with E-state index in [1.807, 2.05) is 0 Å². The van der Waals surface area contributed by atoms with Crippen LogP contribution >= 0.6 is 11.3 Å². The number of hydrogen-bond acceptors (Lipinski definition) is 8. The van der Waals surface area contributed by atoms with Crippen LogP contribution in [0.3, 0.4) is 0 Å². The predicted octanol–water partition coefficient (Wildman–Crippen LogP) is 3.94. The number of aromatic nitrogens is 1. The molecule has 184 valence electrons. The molecule has 1 atom stereocenters. The Labute approximate surface area is 204 Å². The number of hydrogen-bond donors (Lipinski definition) is 1. The first-order valence-corrected chi connectivity index (χ1v) is 14.5. The van der Waals surface area contributed by atoms with E-state index in [4.69, 9.17) is 9.47 Å². The lowest BCUT2D eigenvalue weighted by Gasteiger charge is -2.27. The zero-order chi connectivity index (χ0) is 23.5. The first-order valence-electron chi connectivity index (χ1n) is 12.1. The molecule has 1 aliphatic heterocycles. The highest BCUT2D eigenvalue weighted by Gasteiger charge is 2.37. The first-order chi connectivity index (χ1) is 16.5. The topological polar surface area (TPSA) is 97.8 Å². The number of anilines is 2. The molecule has 8 nitrogen and oxygen atoms in total. The van der Waals surface area contributed by atoms with Gasteiger partial charge in [-0.2, -0.15) is 0 Å². The van der Waals surface area contributed by atoms with Crippen LogP contribution in [0.5, 0.6) is 0 Å². The van der Waals surface area contributed by atoms with Gasteiger partial charge >= 0.3 is 0 Å². The highest BCUT2D eigenvalue weighted by atomic mass is 32.2. The molecule has 2 heterocycles. The third kappa shape index (κ3) is 5.45. The van der Waals surface area contributed by atoms with Crippen LogP contribution < -0.4 is 10.2 Å². The lowest BCUT2D eigenvalue weighted by molar-refractivity contribution is -0.133. The van der Waals surface area contributed by atoms with E-state index >= 15 is 0 Å². The number of amides is 1. The molecule has 0 radical (unpaired) electrons. The molecule has 1 amide bonds. The summed E-state index contributed by atoms with van der Waals surface area (Å²) in [6.07, 6.45) is 7.64. The Bertz CT molecular complexity index is 1090. The molecule has 2 saturated carbocycles. The molecule has 1 unspecified atom stereocenters. The van der Waals surface area contributed by atoms with Crippen LogP contribution in [0.25, 0.3) is 0 Å². The quantitative estimate of drug-likeness (QED) is 0.580. The van der Waals surface area contributed by atoms with Gasteiger partial charge in [0.25, 0.3) is 5.91 Å². The predicted molar refractivity (Wildman–Crippen MR) is 131 cm³/mol. The van der Waals surface area contributed by atoms with Crippen molar-refractivity contribution >= 4 is 37.2 Å². The summed E-state index contributed by atoms with van der Waals surface area (Å²) < 4.78 is 36.9. The molecule has 2 aliphatic carbocycles. The Morgan fingerprint density at radius 2 is 1.79 bits per heavy atom. The number of nitrogens with one attached hydrogen (secondary N) is 1. The zero-order valence-electron chi connectivity index (χ0n) is 19.1. The Morgan fingerprint density at radius 1 is 1.09 bits per heavy atom. The van der Waals surface area contributed by atoms with Crippen LogP contribution in [0.15, 0.2) is 35.4 Å². The fourth-order valence-electron chi connectivity index (χ4n) is 4.51. The SMILES string of the molecule is O=C(Nc1ncc(N2CCOCC2)s1)C(OC1CCCCC1)c1ccc(S(=O)(=O)C2CC2)cc1. The van der Waals surface area contributed by atoms with Crippen LogP contribution in [-0.4, -0.2) is 57.0 Å². The van der Waals surface area contributed by atoms with Gasteiger partial charge in [-0.3, -0.25) is 10.1 Å². The fourth-order valence-corrected chi connectivity index (χ4v) is 7.04. The second-order valence-corrected chi connectivity index (χ2v) is 12.4. The Hall–Kier alpha value is -2.01. The van der Waals surface area contributed by atoms with Crippen LogP contribution in [0.2, 0.25) is 0 Å². The maximum atomic E-state index is 13.4. The van der Waals surface area contributed by atoms with Gasteiger partial charge in [0.1, 0.15) is 5.00 Å². The summed E-state index contributed by atoms with van der Waals surface area (Å²) in [5.41, 5.74) is 0.655. The van der Waals surface area contributed by atoms with Gasteiger partial charge in [-0.15, -0.1) is 0 Å². The molecule has 0 bridgehead atoms. The van der Waals surface area contributed by atoms with E-state index in [0.29, 0.717) is 28.8 Å². The van der Waals surface area contributed by atoms with Crippen molar-refractivity contribution in [2.75, 3.05) is 36.5 Å². The van der Waals surface area contributed by atoms with Crippen molar-refractivity contribution in [3.05, 3.63) is 36.0 Å². The lowest BCUT2D eigenvalue weighted by atomic mass is 9.97. The van der Waals surface area contributed by atoms with Crippen molar-refractivity contribution < 1.29 is 22.7 Å². The van der Waals surface area contributed by atoms with Gasteiger partial charge in [0.2, 0.25) is 0 Å². The summed E-state index contributed by atoms with van der Waals surface area (Å²) in [6, 6.07) is 6.63. The normalized spacial score (nSPS) is 20.8. The van der Waals surface area contributed by atoms with Crippen molar-refractivity contribution in [1.29, 1.82) is 0 Å². The first kappa shape index (κ1) is 23.7. The van der Waals surface area contributed by atoms with Crippen molar-refractivity contribution in [2.24, 2.45) is 0 Å². The molecular formula is C24H31N3O5S2. The minimum Gasteiger partial charge on any atom is -0.378 e. The van der Waals surface area contributed by atoms with Gasteiger partial charge < -0.3 is 14.4 Å². The molecule has 0 spiro atoms. The second kappa shape index (κ2) is 10.3. The Kier molecular flexibility index (Phi) is 7.19. The maximum Gasteiger partial charge on any atom is 0.259 e. The fraction of sp³-hybridized carbons (Fsp3) is 0.583. The molecule has 1 aromatic carbocycles. The van der Waals surface area contributed by atoms with E-state index in [1.54, 1.807) is 30.5 Å². The van der Waals surface area contributed by atoms with E-state index in [1.165, 1.54) is 17.8 Å². The Balaban J connectivity index is 1.33. The average Bonchev–Trinajstić information content (AvgIpc) is 3.64.